The third-order valence-corrected chi connectivity index (χ3v) is 2.53. The first-order valence-corrected chi connectivity index (χ1v) is 5.99. The Bertz CT molecular complexity index is 504. The summed E-state index contributed by atoms with van der Waals surface area (Å²) in [7, 11) is 0. The Balaban J connectivity index is 2.29. The van der Waals surface area contributed by atoms with Gasteiger partial charge in [-0.15, -0.1) is 0 Å². The Morgan fingerprint density at radius 1 is 1.32 bits per heavy atom. The van der Waals surface area contributed by atoms with Crippen molar-refractivity contribution < 1.29 is 19.7 Å². The lowest BCUT2D eigenvalue weighted by Crippen LogP contribution is -2.42. The average molecular weight is 262 g/mol. The Hall–Kier alpha value is -1.85. The Kier molecular flexibility index (Phi) is 3.59. The Morgan fingerprint density at radius 3 is 2.63 bits per heavy atom. The molecule has 1 aromatic rings. The van der Waals surface area contributed by atoms with Gasteiger partial charge in [0, 0.05) is 11.8 Å². The van der Waals surface area contributed by atoms with Crippen molar-refractivity contribution in [2.75, 3.05) is 0 Å². The van der Waals surface area contributed by atoms with E-state index in [0.29, 0.717) is 0 Å². The van der Waals surface area contributed by atoms with E-state index in [4.69, 9.17) is 9.78 Å². The predicted octanol–water partition coefficient (Wildman–Crippen LogP) is 2.06. The molecule has 1 aliphatic heterocycles. The van der Waals surface area contributed by atoms with Gasteiger partial charge in [-0.2, -0.15) is 0 Å². The summed E-state index contributed by atoms with van der Waals surface area (Å²) in [6.07, 6.45) is 0.912. The van der Waals surface area contributed by atoms with Crippen LogP contribution in [0.25, 0.3) is 6.08 Å². The Labute approximate surface area is 112 Å². The van der Waals surface area contributed by atoms with Gasteiger partial charge in [-0.3, -0.25) is 0 Å². The molecule has 0 radical (unpaired) electrons. The van der Waals surface area contributed by atoms with Crippen LogP contribution in [-0.2, 0) is 9.78 Å². The predicted molar refractivity (Wildman–Crippen MR) is 67.4 cm³/mol. The monoisotopic (exact) mass is 262 g/mol. The van der Waals surface area contributed by atoms with Crippen molar-refractivity contribution in [3.8, 4) is 0 Å². The largest absolute Gasteiger partial charge is 0.530 e. The topological polar surface area (TPSA) is 61.8 Å². The summed E-state index contributed by atoms with van der Waals surface area (Å²) in [5.41, 5.74) is 1.08. The number of hydrogen-bond donors (Lipinski definition) is 0. The maximum absolute atomic E-state index is 11.1. The van der Waals surface area contributed by atoms with Gasteiger partial charge < -0.3 is 14.8 Å². The van der Waals surface area contributed by atoms with E-state index in [1.54, 1.807) is 12.1 Å². The third-order valence-electron chi connectivity index (χ3n) is 2.53. The number of fused-ring (bicyclic) bond motifs is 1. The molecule has 1 unspecified atom stereocenters. The van der Waals surface area contributed by atoms with E-state index in [1.165, 1.54) is 6.20 Å². The maximum atomic E-state index is 11.1. The van der Waals surface area contributed by atoms with Gasteiger partial charge in [0.15, 0.2) is 6.23 Å². The smallest absolute Gasteiger partial charge is 0.196 e. The number of nitrogens with zero attached hydrogens (tertiary/aromatic N) is 1. The Morgan fingerprint density at radius 2 is 2.00 bits per heavy atom. The third kappa shape index (κ3) is 3.13. The van der Waals surface area contributed by atoms with Crippen molar-refractivity contribution in [1.29, 1.82) is 0 Å². The van der Waals surface area contributed by atoms with Crippen LogP contribution in [0.1, 0.15) is 38.1 Å². The van der Waals surface area contributed by atoms with Gasteiger partial charge in [0.2, 0.25) is 0 Å². The molecule has 0 aromatic heterocycles. The first-order valence-electron chi connectivity index (χ1n) is 5.99. The quantitative estimate of drug-likeness (QED) is 0.604. The molecule has 0 aliphatic carbocycles. The second-order valence-corrected chi connectivity index (χ2v) is 5.26. The van der Waals surface area contributed by atoms with Gasteiger partial charge in [-0.25, -0.2) is 9.78 Å². The molecular formula is C14H16NO4-. The highest BCUT2D eigenvalue weighted by molar-refractivity contribution is 5.69. The molecule has 0 bridgehead atoms. The number of carbonyl (C=O) groups excluding carboxylic acids is 1. The normalized spacial score (nSPS) is 18.3. The SMILES string of the molecule is CC(C)(C)OOC1c2ccccc2C=CN1C(=O)[O-]. The summed E-state index contributed by atoms with van der Waals surface area (Å²) in [5, 5.41) is 11.1. The zero-order valence-corrected chi connectivity index (χ0v) is 11.1. The summed E-state index contributed by atoms with van der Waals surface area (Å²) in [4.78, 5) is 22.6. The minimum Gasteiger partial charge on any atom is -0.530 e. The highest BCUT2D eigenvalue weighted by atomic mass is 17.2. The van der Waals surface area contributed by atoms with Gasteiger partial charge in [-0.1, -0.05) is 24.3 Å². The van der Waals surface area contributed by atoms with Crippen molar-refractivity contribution in [3.63, 3.8) is 0 Å². The van der Waals surface area contributed by atoms with E-state index in [9.17, 15) is 9.90 Å². The van der Waals surface area contributed by atoms with Gasteiger partial charge >= 0.3 is 0 Å². The molecule has 1 aliphatic rings. The van der Waals surface area contributed by atoms with Gasteiger partial charge in [0.1, 0.15) is 6.09 Å². The van der Waals surface area contributed by atoms with Gasteiger partial charge in [-0.05, 0) is 32.4 Å². The first-order chi connectivity index (χ1) is 8.88. The van der Waals surface area contributed by atoms with Crippen LogP contribution >= 0.6 is 0 Å². The first kappa shape index (κ1) is 13.6. The van der Waals surface area contributed by atoms with Crippen LogP contribution in [0, 0.1) is 0 Å². The van der Waals surface area contributed by atoms with Crippen LogP contribution in [-0.4, -0.2) is 16.6 Å². The second kappa shape index (κ2) is 5.03. The minimum atomic E-state index is -1.34. The maximum Gasteiger partial charge on any atom is 0.196 e. The van der Waals surface area contributed by atoms with Crippen LogP contribution in [0.3, 0.4) is 0 Å². The zero-order chi connectivity index (χ0) is 14.0. The summed E-state index contributed by atoms with van der Waals surface area (Å²) < 4.78 is 0. The number of carbonyl (C=O) groups is 1. The van der Waals surface area contributed by atoms with Crippen LogP contribution in [0.4, 0.5) is 4.79 Å². The van der Waals surface area contributed by atoms with E-state index in [2.05, 4.69) is 0 Å². The summed E-state index contributed by atoms with van der Waals surface area (Å²) >= 11 is 0. The van der Waals surface area contributed by atoms with Gasteiger partial charge in [0.25, 0.3) is 0 Å². The molecule has 5 nitrogen and oxygen atoms in total. The fourth-order valence-electron chi connectivity index (χ4n) is 1.72. The summed E-state index contributed by atoms with van der Waals surface area (Å²) in [5.74, 6) is 0. The molecule has 0 saturated carbocycles. The molecule has 0 saturated heterocycles. The van der Waals surface area contributed by atoms with Crippen molar-refractivity contribution in [2.24, 2.45) is 0 Å². The highest BCUT2D eigenvalue weighted by Crippen LogP contribution is 2.32. The molecule has 5 heteroatoms. The highest BCUT2D eigenvalue weighted by Gasteiger charge is 2.27. The standard InChI is InChI=1S/C14H17NO4/c1-14(2,3)19-18-12-11-7-5-4-6-10(11)8-9-15(12)13(16)17/h4-9,12H,1-3H3,(H,16,17)/p-1. The molecule has 1 aromatic carbocycles. The molecule has 1 amide bonds. The summed E-state index contributed by atoms with van der Waals surface area (Å²) in [6.45, 7) is 5.46. The van der Waals surface area contributed by atoms with E-state index < -0.39 is 17.9 Å². The number of hydrogen-bond acceptors (Lipinski definition) is 4. The average Bonchev–Trinajstić information content (AvgIpc) is 2.34. The molecule has 1 atom stereocenters. The molecule has 0 N–H and O–H groups in total. The fraction of sp³-hybridized carbons (Fsp3) is 0.357. The van der Waals surface area contributed by atoms with Crippen molar-refractivity contribution >= 4 is 12.2 Å². The van der Waals surface area contributed by atoms with Crippen LogP contribution in [0.15, 0.2) is 30.5 Å². The van der Waals surface area contributed by atoms with Crippen molar-refractivity contribution in [2.45, 2.75) is 32.6 Å². The molecule has 1 heterocycles. The lowest BCUT2D eigenvalue weighted by Gasteiger charge is -2.35. The van der Waals surface area contributed by atoms with Crippen molar-refractivity contribution in [3.05, 3.63) is 41.6 Å². The van der Waals surface area contributed by atoms with E-state index in [1.807, 2.05) is 39.0 Å². The zero-order valence-electron chi connectivity index (χ0n) is 11.1. The molecule has 0 fully saturated rings. The van der Waals surface area contributed by atoms with Crippen LogP contribution in [0.5, 0.6) is 0 Å². The molecule has 102 valence electrons. The number of benzene rings is 1. The van der Waals surface area contributed by atoms with Crippen LogP contribution < -0.4 is 5.11 Å². The number of amides is 1. The number of rotatable bonds is 2. The lowest BCUT2D eigenvalue weighted by atomic mass is 10.0. The van der Waals surface area contributed by atoms with E-state index in [-0.39, 0.29) is 0 Å². The van der Waals surface area contributed by atoms with Crippen molar-refractivity contribution in [1.82, 2.24) is 4.90 Å². The van der Waals surface area contributed by atoms with E-state index >= 15 is 0 Å². The number of carboxylic acid groups (broad SMARTS) is 1. The molecular weight excluding hydrogens is 246 g/mol. The molecule has 19 heavy (non-hydrogen) atoms. The summed E-state index contributed by atoms with van der Waals surface area (Å²) in [6, 6.07) is 7.37. The van der Waals surface area contributed by atoms with E-state index in [0.717, 1.165) is 16.0 Å². The van der Waals surface area contributed by atoms with Crippen LogP contribution in [0.2, 0.25) is 0 Å². The molecule has 0 spiro atoms. The fourth-order valence-corrected chi connectivity index (χ4v) is 1.72. The molecule has 2 rings (SSSR count). The lowest BCUT2D eigenvalue weighted by molar-refractivity contribution is -0.398. The minimum absolute atomic E-state index is 0.534. The second-order valence-electron chi connectivity index (χ2n) is 5.26. The van der Waals surface area contributed by atoms with Gasteiger partial charge in [0.05, 0.1) is 5.60 Å².